The maximum atomic E-state index is 11.0. The van der Waals surface area contributed by atoms with Crippen molar-refractivity contribution < 1.29 is 9.53 Å². The molecule has 1 unspecified atom stereocenters. The fraction of sp³-hybridized carbons (Fsp3) is 0.667. The largest absolute Gasteiger partial charge is 0.464 e. The van der Waals surface area contributed by atoms with Crippen LogP contribution in [0.4, 0.5) is 0 Å². The molecule has 0 aliphatic carbocycles. The Bertz CT molecular complexity index is 174. The number of hydrogen-bond donors (Lipinski definition) is 3. The summed E-state index contributed by atoms with van der Waals surface area (Å²) in [6.45, 7) is 3.74. The average Bonchev–Trinajstić information content (AvgIpc) is 2.04. The molecule has 0 aromatic heterocycles. The van der Waals surface area contributed by atoms with Gasteiger partial charge in [-0.25, -0.2) is 10.6 Å². The second kappa shape index (κ2) is 5.73. The van der Waals surface area contributed by atoms with E-state index in [1.54, 1.807) is 13.8 Å². The van der Waals surface area contributed by atoms with E-state index in [0.717, 1.165) is 0 Å². The zero-order valence-electron chi connectivity index (χ0n) is 7.09. The van der Waals surface area contributed by atoms with Crippen molar-refractivity contribution in [3.8, 4) is 0 Å². The molecule has 70 valence electrons. The molecule has 12 heavy (non-hydrogen) atoms. The van der Waals surface area contributed by atoms with Crippen molar-refractivity contribution in [3.05, 3.63) is 0 Å². The summed E-state index contributed by atoms with van der Waals surface area (Å²) >= 11 is 4.68. The summed E-state index contributed by atoms with van der Waals surface area (Å²) in [7, 11) is 0. The maximum Gasteiger partial charge on any atom is 0.328 e. The lowest BCUT2D eigenvalue weighted by atomic mass is 10.3. The maximum absolute atomic E-state index is 11.0. The van der Waals surface area contributed by atoms with Gasteiger partial charge in [0.15, 0.2) is 5.11 Å². The third kappa shape index (κ3) is 4.09. The van der Waals surface area contributed by atoms with Crippen molar-refractivity contribution in [2.75, 3.05) is 6.61 Å². The van der Waals surface area contributed by atoms with Crippen LogP contribution in [0.15, 0.2) is 0 Å². The zero-order chi connectivity index (χ0) is 9.56. The SMILES string of the molecule is CCOC(=O)C(C)NC(=S)NN. The number of carbonyl (C=O) groups is 1. The van der Waals surface area contributed by atoms with Crippen LogP contribution in [0.2, 0.25) is 0 Å². The van der Waals surface area contributed by atoms with Gasteiger partial charge in [0.25, 0.3) is 0 Å². The Kier molecular flexibility index (Phi) is 5.31. The highest BCUT2D eigenvalue weighted by Crippen LogP contribution is 1.86. The van der Waals surface area contributed by atoms with Gasteiger partial charge in [0.2, 0.25) is 0 Å². The summed E-state index contributed by atoms with van der Waals surface area (Å²) in [6, 6.07) is -0.478. The van der Waals surface area contributed by atoms with Gasteiger partial charge in [-0.2, -0.15) is 0 Å². The summed E-state index contributed by atoms with van der Waals surface area (Å²) in [4.78, 5) is 11.0. The number of nitrogens with one attached hydrogen (secondary N) is 2. The minimum absolute atomic E-state index is 0.218. The van der Waals surface area contributed by atoms with Crippen molar-refractivity contribution in [2.45, 2.75) is 19.9 Å². The third-order valence-corrected chi connectivity index (χ3v) is 1.35. The van der Waals surface area contributed by atoms with Crippen LogP contribution in [0.3, 0.4) is 0 Å². The summed E-state index contributed by atoms with van der Waals surface area (Å²) in [5, 5.41) is 2.85. The van der Waals surface area contributed by atoms with E-state index in [-0.39, 0.29) is 11.1 Å². The Morgan fingerprint density at radius 2 is 2.33 bits per heavy atom. The number of rotatable bonds is 3. The Morgan fingerprint density at radius 1 is 1.75 bits per heavy atom. The molecular weight excluding hydrogens is 178 g/mol. The van der Waals surface area contributed by atoms with Gasteiger partial charge in [-0.15, -0.1) is 0 Å². The van der Waals surface area contributed by atoms with Crippen LogP contribution >= 0.6 is 12.2 Å². The van der Waals surface area contributed by atoms with Crippen molar-refractivity contribution in [2.24, 2.45) is 5.84 Å². The highest BCUT2D eigenvalue weighted by atomic mass is 32.1. The monoisotopic (exact) mass is 191 g/mol. The van der Waals surface area contributed by atoms with E-state index in [1.807, 2.05) is 0 Å². The molecule has 5 nitrogen and oxygen atoms in total. The van der Waals surface area contributed by atoms with E-state index < -0.39 is 6.04 Å². The van der Waals surface area contributed by atoms with Crippen molar-refractivity contribution >= 4 is 23.3 Å². The minimum Gasteiger partial charge on any atom is -0.464 e. The lowest BCUT2D eigenvalue weighted by molar-refractivity contribution is -0.144. The second-order valence-electron chi connectivity index (χ2n) is 2.09. The molecule has 0 saturated carbocycles. The predicted octanol–water partition coefficient (Wildman–Crippen LogP) is -0.724. The van der Waals surface area contributed by atoms with Gasteiger partial charge in [0.1, 0.15) is 6.04 Å². The van der Waals surface area contributed by atoms with Crippen LogP contribution in [0.5, 0.6) is 0 Å². The number of nitrogens with two attached hydrogens (primary N) is 1. The fourth-order valence-electron chi connectivity index (χ4n) is 0.564. The normalized spacial score (nSPS) is 11.6. The molecule has 0 aliphatic heterocycles. The van der Waals surface area contributed by atoms with E-state index in [4.69, 9.17) is 10.6 Å². The Hall–Kier alpha value is -0.880. The lowest BCUT2D eigenvalue weighted by Gasteiger charge is -2.13. The van der Waals surface area contributed by atoms with E-state index in [2.05, 4.69) is 23.0 Å². The zero-order valence-corrected chi connectivity index (χ0v) is 7.90. The Morgan fingerprint density at radius 3 is 2.75 bits per heavy atom. The van der Waals surface area contributed by atoms with Gasteiger partial charge in [-0.05, 0) is 26.1 Å². The molecule has 0 fully saturated rings. The molecule has 0 spiro atoms. The quantitative estimate of drug-likeness (QED) is 0.236. The molecule has 0 amide bonds. The van der Waals surface area contributed by atoms with E-state index in [1.165, 1.54) is 0 Å². The predicted molar refractivity (Wildman–Crippen MR) is 49.2 cm³/mol. The number of thiocarbonyl (C=S) groups is 1. The van der Waals surface area contributed by atoms with Gasteiger partial charge in [0, 0.05) is 0 Å². The smallest absolute Gasteiger partial charge is 0.328 e. The molecule has 6 heteroatoms. The van der Waals surface area contributed by atoms with E-state index >= 15 is 0 Å². The Labute approximate surface area is 76.6 Å². The summed E-state index contributed by atoms with van der Waals surface area (Å²) < 4.78 is 4.72. The summed E-state index contributed by atoms with van der Waals surface area (Å²) in [6.07, 6.45) is 0. The summed E-state index contributed by atoms with van der Waals surface area (Å²) in [5.41, 5.74) is 2.21. The molecule has 0 aromatic carbocycles. The van der Waals surface area contributed by atoms with Crippen LogP contribution in [-0.4, -0.2) is 23.7 Å². The molecule has 4 N–H and O–H groups in total. The average molecular weight is 191 g/mol. The van der Waals surface area contributed by atoms with Crippen molar-refractivity contribution in [1.82, 2.24) is 10.7 Å². The van der Waals surface area contributed by atoms with Crippen LogP contribution in [0, 0.1) is 0 Å². The first-order valence-electron chi connectivity index (χ1n) is 3.55. The first-order chi connectivity index (χ1) is 5.61. The van der Waals surface area contributed by atoms with Crippen LogP contribution in [-0.2, 0) is 9.53 Å². The fourth-order valence-corrected chi connectivity index (χ4v) is 0.741. The lowest BCUT2D eigenvalue weighted by Crippen LogP contribution is -2.47. The van der Waals surface area contributed by atoms with Crippen LogP contribution < -0.4 is 16.6 Å². The topological polar surface area (TPSA) is 76.4 Å². The van der Waals surface area contributed by atoms with E-state index in [9.17, 15) is 4.79 Å². The van der Waals surface area contributed by atoms with Crippen LogP contribution in [0.1, 0.15) is 13.8 Å². The molecule has 0 radical (unpaired) electrons. The van der Waals surface area contributed by atoms with Gasteiger partial charge in [0.05, 0.1) is 6.61 Å². The molecule has 0 heterocycles. The van der Waals surface area contributed by atoms with Gasteiger partial charge in [-0.1, -0.05) is 0 Å². The molecule has 0 rings (SSSR count). The molecule has 0 bridgehead atoms. The third-order valence-electron chi connectivity index (χ3n) is 1.12. The van der Waals surface area contributed by atoms with Gasteiger partial charge < -0.3 is 15.5 Å². The first-order valence-corrected chi connectivity index (χ1v) is 3.96. The number of ether oxygens (including phenoxy) is 1. The number of hydrazine groups is 1. The summed E-state index contributed by atoms with van der Waals surface area (Å²) in [5.74, 6) is 4.64. The molecule has 1 atom stereocenters. The van der Waals surface area contributed by atoms with E-state index in [0.29, 0.717) is 6.61 Å². The second-order valence-corrected chi connectivity index (χ2v) is 2.50. The molecular formula is C6H13N3O2S. The number of hydrogen-bond acceptors (Lipinski definition) is 4. The highest BCUT2D eigenvalue weighted by Gasteiger charge is 2.13. The molecule has 0 saturated heterocycles. The first kappa shape index (κ1) is 11.1. The molecule has 0 aromatic rings. The minimum atomic E-state index is -0.478. The standard InChI is InChI=1S/C6H13N3O2S/c1-3-11-5(10)4(2)8-6(12)9-7/h4H,3,7H2,1-2H3,(H2,8,9,12). The van der Waals surface area contributed by atoms with Crippen molar-refractivity contribution in [3.63, 3.8) is 0 Å². The molecule has 0 aliphatic rings. The van der Waals surface area contributed by atoms with Crippen LogP contribution in [0.25, 0.3) is 0 Å². The Balaban J connectivity index is 3.78. The number of esters is 1. The van der Waals surface area contributed by atoms with Gasteiger partial charge >= 0.3 is 5.97 Å². The number of carbonyl (C=O) groups excluding carboxylic acids is 1. The van der Waals surface area contributed by atoms with Crippen molar-refractivity contribution in [1.29, 1.82) is 0 Å². The highest BCUT2D eigenvalue weighted by molar-refractivity contribution is 7.80. The van der Waals surface area contributed by atoms with Gasteiger partial charge in [-0.3, -0.25) is 0 Å².